The second kappa shape index (κ2) is 11.2. The Morgan fingerprint density at radius 1 is 1.26 bits per heavy atom. The van der Waals surface area contributed by atoms with Crippen LogP contribution in [-0.2, 0) is 17.5 Å². The lowest BCUT2D eigenvalue weighted by atomic mass is 9.95. The minimum atomic E-state index is -4.75. The predicted octanol–water partition coefficient (Wildman–Crippen LogP) is 3.82. The number of nitrogen functional groups attached to an aromatic ring is 2. The minimum Gasteiger partial charge on any atom is -0.462 e. The highest BCUT2D eigenvalue weighted by molar-refractivity contribution is 6.33. The molecular formula is C31H31ClF4N8O2. The zero-order chi connectivity index (χ0) is 32.4. The van der Waals surface area contributed by atoms with E-state index in [2.05, 4.69) is 25.2 Å². The molecule has 0 unspecified atom stereocenters. The molecule has 5 N–H and O–H groups in total. The molecule has 3 aromatic rings. The van der Waals surface area contributed by atoms with Crippen LogP contribution in [0.1, 0.15) is 36.0 Å². The summed E-state index contributed by atoms with van der Waals surface area (Å²) < 4.78 is 70.3. The van der Waals surface area contributed by atoms with Crippen molar-refractivity contribution in [1.82, 2.24) is 25.1 Å². The number of ether oxygens (including phenoxy) is 2. The number of aromatic nitrogens is 2. The summed E-state index contributed by atoms with van der Waals surface area (Å²) in [5.74, 6) is 0.936. The first kappa shape index (κ1) is 30.4. The number of pyridine rings is 2. The number of hydrogen-bond acceptors (Lipinski definition) is 10. The smallest absolute Gasteiger partial charge is 0.418 e. The van der Waals surface area contributed by atoms with Crippen LogP contribution in [0.3, 0.4) is 0 Å². The lowest BCUT2D eigenvalue weighted by Gasteiger charge is -2.31. The number of anilines is 2. The van der Waals surface area contributed by atoms with Gasteiger partial charge in [0.2, 0.25) is 0 Å². The molecule has 10 nitrogen and oxygen atoms in total. The number of nitrogens with two attached hydrogens (primary N) is 2. The van der Waals surface area contributed by atoms with Crippen molar-refractivity contribution in [2.45, 2.75) is 50.6 Å². The predicted molar refractivity (Wildman–Crippen MR) is 163 cm³/mol. The molecule has 7 rings (SSSR count). The van der Waals surface area contributed by atoms with Gasteiger partial charge in [0.15, 0.2) is 0 Å². The van der Waals surface area contributed by atoms with E-state index in [0.29, 0.717) is 35.4 Å². The van der Waals surface area contributed by atoms with Crippen LogP contribution in [0.5, 0.6) is 5.75 Å². The summed E-state index contributed by atoms with van der Waals surface area (Å²) in [5, 5.41) is 3.83. The number of benzene rings is 1. The Kier molecular flexibility index (Phi) is 7.39. The number of halogens is 5. The Labute approximate surface area is 266 Å². The Bertz CT molecular complexity index is 1890. The lowest BCUT2D eigenvalue weighted by molar-refractivity contribution is -0.137. The number of hydrogen-bond donors (Lipinski definition) is 3. The van der Waals surface area contributed by atoms with Crippen molar-refractivity contribution in [2.75, 3.05) is 37.8 Å². The van der Waals surface area contributed by atoms with Crippen LogP contribution in [0, 0.1) is 6.92 Å². The topological polar surface area (TPSA) is 127 Å². The van der Waals surface area contributed by atoms with Crippen LogP contribution in [0.15, 0.2) is 47.6 Å². The molecular weight excluding hydrogens is 628 g/mol. The van der Waals surface area contributed by atoms with Gasteiger partial charge in [-0.3, -0.25) is 9.89 Å². The third-order valence-electron chi connectivity index (χ3n) is 8.97. The fraction of sp³-hybridized carbons (Fsp3) is 0.387. The van der Waals surface area contributed by atoms with E-state index in [1.807, 2.05) is 11.0 Å². The first-order valence-electron chi connectivity index (χ1n) is 14.8. The lowest BCUT2D eigenvalue weighted by Crippen LogP contribution is -2.44. The van der Waals surface area contributed by atoms with Crippen molar-refractivity contribution in [2.24, 2.45) is 4.99 Å². The van der Waals surface area contributed by atoms with Gasteiger partial charge in [0, 0.05) is 30.3 Å². The van der Waals surface area contributed by atoms with Crippen molar-refractivity contribution >= 4 is 29.1 Å². The minimum absolute atomic E-state index is 0.0463. The maximum atomic E-state index is 14.5. The second-order valence-electron chi connectivity index (χ2n) is 12.0. The van der Waals surface area contributed by atoms with Gasteiger partial charge in [0.05, 0.1) is 45.1 Å². The zero-order valence-corrected chi connectivity index (χ0v) is 25.6. The third-order valence-corrected chi connectivity index (χ3v) is 9.35. The first-order valence-corrected chi connectivity index (χ1v) is 15.2. The van der Waals surface area contributed by atoms with E-state index >= 15 is 0 Å². The molecule has 242 valence electrons. The van der Waals surface area contributed by atoms with E-state index in [0.717, 1.165) is 25.5 Å². The molecule has 0 aliphatic carbocycles. The van der Waals surface area contributed by atoms with E-state index < -0.39 is 29.1 Å². The van der Waals surface area contributed by atoms with Crippen molar-refractivity contribution in [3.8, 4) is 17.0 Å². The first-order chi connectivity index (χ1) is 21.9. The van der Waals surface area contributed by atoms with Crippen molar-refractivity contribution < 1.29 is 27.0 Å². The van der Waals surface area contributed by atoms with E-state index in [1.54, 1.807) is 18.5 Å². The van der Waals surface area contributed by atoms with Crippen LogP contribution >= 0.6 is 11.6 Å². The molecule has 2 saturated heterocycles. The molecule has 0 amide bonds. The SMILES string of the molecule is Cc1cc(N)nc(-c2cc3c4c(c2Cl)=NCNC=4N(Cc2cccnc2N)C=C(OC[C@@]24CCCN2C[C@H](F)C4)O3)c1C(F)(F)F. The van der Waals surface area contributed by atoms with Gasteiger partial charge in [-0.25, -0.2) is 14.4 Å². The molecule has 0 radical (unpaired) electrons. The van der Waals surface area contributed by atoms with Gasteiger partial charge in [0.1, 0.15) is 42.7 Å². The molecule has 1 aromatic carbocycles. The maximum Gasteiger partial charge on any atom is 0.418 e. The number of nitrogens with zero attached hydrogens (tertiary/aromatic N) is 5. The van der Waals surface area contributed by atoms with Gasteiger partial charge < -0.3 is 31.2 Å². The van der Waals surface area contributed by atoms with E-state index in [9.17, 15) is 17.6 Å². The molecule has 4 aliphatic rings. The molecule has 15 heteroatoms. The molecule has 2 fully saturated rings. The van der Waals surface area contributed by atoms with Gasteiger partial charge in [-0.15, -0.1) is 0 Å². The van der Waals surface area contributed by atoms with E-state index in [-0.39, 0.29) is 58.8 Å². The largest absolute Gasteiger partial charge is 0.462 e. The molecule has 0 saturated carbocycles. The monoisotopic (exact) mass is 658 g/mol. The number of rotatable bonds is 6. The third kappa shape index (κ3) is 5.22. The van der Waals surface area contributed by atoms with Crippen molar-refractivity contribution in [3.05, 3.63) is 74.9 Å². The molecule has 2 aromatic heterocycles. The van der Waals surface area contributed by atoms with Crippen molar-refractivity contribution in [1.29, 1.82) is 0 Å². The number of alkyl halides is 4. The van der Waals surface area contributed by atoms with Crippen LogP contribution in [-0.4, -0.2) is 57.8 Å². The fourth-order valence-electron chi connectivity index (χ4n) is 6.97. The highest BCUT2D eigenvalue weighted by Gasteiger charge is 2.49. The summed E-state index contributed by atoms with van der Waals surface area (Å²) in [5.41, 5.74) is 10.8. The van der Waals surface area contributed by atoms with Crippen LogP contribution in [0.25, 0.3) is 17.1 Å². The molecule has 0 bridgehead atoms. The van der Waals surface area contributed by atoms with E-state index in [1.165, 1.54) is 13.0 Å². The van der Waals surface area contributed by atoms with Gasteiger partial charge in [-0.2, -0.15) is 13.2 Å². The molecule has 6 heterocycles. The number of aryl methyl sites for hydroxylation is 1. The van der Waals surface area contributed by atoms with Crippen molar-refractivity contribution in [3.63, 3.8) is 0 Å². The summed E-state index contributed by atoms with van der Waals surface area (Å²) >= 11 is 6.87. The van der Waals surface area contributed by atoms with E-state index in [4.69, 9.17) is 32.5 Å². The van der Waals surface area contributed by atoms with Crippen LogP contribution in [0.4, 0.5) is 29.2 Å². The molecule has 2 atom stereocenters. The highest BCUT2D eigenvalue weighted by Crippen LogP contribution is 2.43. The Hall–Kier alpha value is -4.30. The Morgan fingerprint density at radius 3 is 2.87 bits per heavy atom. The van der Waals surface area contributed by atoms with Gasteiger partial charge in [-0.05, 0) is 50.1 Å². The average molecular weight is 659 g/mol. The second-order valence-corrected chi connectivity index (χ2v) is 12.4. The summed E-state index contributed by atoms with van der Waals surface area (Å²) in [7, 11) is 0. The Balaban J connectivity index is 1.39. The molecule has 46 heavy (non-hydrogen) atoms. The summed E-state index contributed by atoms with van der Waals surface area (Å²) in [6, 6.07) is 6.15. The van der Waals surface area contributed by atoms with Gasteiger partial charge in [-0.1, -0.05) is 17.7 Å². The summed E-state index contributed by atoms with van der Waals surface area (Å²) in [4.78, 5) is 16.7. The average Bonchev–Trinajstić information content (AvgIpc) is 3.46. The van der Waals surface area contributed by atoms with Gasteiger partial charge in [0.25, 0.3) is 0 Å². The number of nitrogens with one attached hydrogen (secondary N) is 1. The Morgan fingerprint density at radius 2 is 2.09 bits per heavy atom. The normalized spacial score (nSPS) is 22.3. The molecule has 0 spiro atoms. The highest BCUT2D eigenvalue weighted by atomic mass is 35.5. The summed E-state index contributed by atoms with van der Waals surface area (Å²) in [6.45, 7) is 2.90. The summed E-state index contributed by atoms with van der Waals surface area (Å²) in [6.07, 6.45) is -0.441. The number of fused-ring (bicyclic) bond motifs is 1. The maximum absolute atomic E-state index is 14.5. The fourth-order valence-corrected chi connectivity index (χ4v) is 7.27. The standard InChI is InChI=1S/C31H31ClF4N8O2/c1-16-8-21(37)42-26(24(16)31(34,35)36)19-9-20-23-27(25(19)32)40-15-41-29(23)43(11-17-4-2-6-39-28(17)38)13-22(46-20)45-14-30-5-3-7-44(30)12-18(33)10-30/h2,4,6,8-9,13,18,41H,3,5,7,10-12,14-15H2,1H3,(H2,37,42)(H2,38,39)/t18-,30+/m1/s1. The van der Waals surface area contributed by atoms with Crippen LogP contribution in [0.2, 0.25) is 5.02 Å². The quantitative estimate of drug-likeness (QED) is 0.339. The van der Waals surface area contributed by atoms with Crippen LogP contribution < -0.4 is 32.1 Å². The molecule has 4 aliphatic heterocycles. The van der Waals surface area contributed by atoms with Gasteiger partial charge >= 0.3 is 12.1 Å². The zero-order valence-electron chi connectivity index (χ0n) is 24.8.